The van der Waals surface area contributed by atoms with Crippen molar-refractivity contribution in [3.05, 3.63) is 48.2 Å². The molecule has 0 spiro atoms. The Bertz CT molecular complexity index is 441. The van der Waals surface area contributed by atoms with Gasteiger partial charge < -0.3 is 4.74 Å². The van der Waals surface area contributed by atoms with Gasteiger partial charge in [-0.3, -0.25) is 4.90 Å². The lowest BCUT2D eigenvalue weighted by molar-refractivity contribution is 0.107. The van der Waals surface area contributed by atoms with Crippen molar-refractivity contribution in [3.63, 3.8) is 0 Å². The summed E-state index contributed by atoms with van der Waals surface area (Å²) in [6.45, 7) is 7.24. The third-order valence-electron chi connectivity index (χ3n) is 3.47. The van der Waals surface area contributed by atoms with E-state index in [9.17, 15) is 4.79 Å². The largest absolute Gasteiger partial charge is 0.444 e. The van der Waals surface area contributed by atoms with Gasteiger partial charge in [0.05, 0.1) is 0 Å². The van der Waals surface area contributed by atoms with Gasteiger partial charge in [-0.05, 0) is 30.7 Å². The van der Waals surface area contributed by atoms with Crippen molar-refractivity contribution in [1.82, 2.24) is 4.90 Å². The van der Waals surface area contributed by atoms with Crippen LogP contribution in [0, 0.1) is 5.92 Å². The summed E-state index contributed by atoms with van der Waals surface area (Å²) in [5.74, 6) is 0.597. The van der Waals surface area contributed by atoms with Crippen LogP contribution >= 0.6 is 0 Å². The molecule has 0 radical (unpaired) electrons. The molecule has 0 N–H and O–H groups in total. The van der Waals surface area contributed by atoms with E-state index in [0.29, 0.717) is 12.5 Å². The van der Waals surface area contributed by atoms with E-state index in [1.807, 2.05) is 30.3 Å². The lowest BCUT2D eigenvalue weighted by Crippen LogP contribution is -2.30. The van der Waals surface area contributed by atoms with E-state index >= 15 is 0 Å². The molecule has 0 saturated carbocycles. The van der Waals surface area contributed by atoms with E-state index in [0.717, 1.165) is 37.1 Å². The molecule has 0 bridgehead atoms. The number of hydrogen-bond acceptors (Lipinski definition) is 2. The van der Waals surface area contributed by atoms with Gasteiger partial charge in [-0.25, -0.2) is 4.79 Å². The monoisotopic (exact) mass is 259 g/mol. The summed E-state index contributed by atoms with van der Waals surface area (Å²) in [5.41, 5.74) is 1.88. The maximum Gasteiger partial charge on any atom is 0.414 e. The van der Waals surface area contributed by atoms with E-state index in [2.05, 4.69) is 13.5 Å². The molecule has 1 heterocycles. The van der Waals surface area contributed by atoms with Crippen LogP contribution in [0.2, 0.25) is 0 Å². The fraction of sp³-hybridized carbons (Fsp3) is 0.438. The average Bonchev–Trinajstić information content (AvgIpc) is 2.58. The van der Waals surface area contributed by atoms with Crippen molar-refractivity contribution in [1.29, 1.82) is 0 Å². The third kappa shape index (κ3) is 3.85. The average molecular weight is 259 g/mol. The fourth-order valence-electron chi connectivity index (χ4n) is 2.39. The van der Waals surface area contributed by atoms with E-state index < -0.39 is 0 Å². The molecule has 3 nitrogen and oxygen atoms in total. The van der Waals surface area contributed by atoms with Crippen LogP contribution in [0.5, 0.6) is 0 Å². The number of benzene rings is 1. The van der Waals surface area contributed by atoms with Crippen LogP contribution in [0.3, 0.4) is 0 Å². The number of likely N-dealkylation sites (tertiary alicyclic amines) is 1. The second kappa shape index (κ2) is 6.41. The summed E-state index contributed by atoms with van der Waals surface area (Å²) in [6, 6.07) is 9.73. The summed E-state index contributed by atoms with van der Waals surface area (Å²) >= 11 is 0. The van der Waals surface area contributed by atoms with Crippen LogP contribution in [-0.4, -0.2) is 17.5 Å². The summed E-state index contributed by atoms with van der Waals surface area (Å²) < 4.78 is 5.35. The number of ether oxygens (including phenoxy) is 1. The Morgan fingerprint density at radius 2 is 2.16 bits per heavy atom. The second-order valence-corrected chi connectivity index (χ2v) is 5.21. The Labute approximate surface area is 114 Å². The predicted octanol–water partition coefficient (Wildman–Crippen LogP) is 3.96. The molecule has 0 aromatic heterocycles. The summed E-state index contributed by atoms with van der Waals surface area (Å²) in [6.07, 6.45) is 2.76. The zero-order valence-corrected chi connectivity index (χ0v) is 11.5. The van der Waals surface area contributed by atoms with Gasteiger partial charge in [-0.1, -0.05) is 43.8 Å². The molecule has 2 rings (SSSR count). The quantitative estimate of drug-likeness (QED) is 0.804. The van der Waals surface area contributed by atoms with Crippen molar-refractivity contribution in [2.45, 2.75) is 32.8 Å². The minimum Gasteiger partial charge on any atom is -0.444 e. The highest BCUT2D eigenvalue weighted by Crippen LogP contribution is 2.24. The van der Waals surface area contributed by atoms with Crippen molar-refractivity contribution in [3.8, 4) is 0 Å². The zero-order valence-electron chi connectivity index (χ0n) is 11.5. The first-order valence-corrected chi connectivity index (χ1v) is 6.83. The van der Waals surface area contributed by atoms with Gasteiger partial charge in [0.25, 0.3) is 0 Å². The first-order chi connectivity index (χ1) is 9.16. The van der Waals surface area contributed by atoms with E-state index in [1.165, 1.54) is 0 Å². The lowest BCUT2D eigenvalue weighted by Gasteiger charge is -2.22. The number of hydrogen-bond donors (Lipinski definition) is 0. The Hall–Kier alpha value is -1.77. The molecule has 3 heteroatoms. The molecule has 1 fully saturated rings. The molecule has 1 aromatic rings. The molecule has 1 saturated heterocycles. The van der Waals surface area contributed by atoms with E-state index in [-0.39, 0.29) is 6.09 Å². The molecular formula is C16H21NO2. The van der Waals surface area contributed by atoms with Crippen molar-refractivity contribution < 1.29 is 9.53 Å². The number of carbonyl (C=O) groups excluding carboxylic acids is 1. The topological polar surface area (TPSA) is 29.5 Å². The number of nitrogens with zero attached hydrogens (tertiary/aromatic N) is 1. The van der Waals surface area contributed by atoms with E-state index in [1.54, 1.807) is 4.90 Å². The molecule has 0 aliphatic carbocycles. The van der Waals surface area contributed by atoms with Crippen molar-refractivity contribution in [2.75, 3.05) is 6.54 Å². The second-order valence-electron chi connectivity index (χ2n) is 5.21. The molecule has 1 aliphatic rings. The minimum atomic E-state index is -0.275. The van der Waals surface area contributed by atoms with Gasteiger partial charge >= 0.3 is 6.09 Å². The normalized spacial score (nSPS) is 19.9. The molecule has 19 heavy (non-hydrogen) atoms. The molecule has 1 aromatic carbocycles. The van der Waals surface area contributed by atoms with Crippen LogP contribution in [-0.2, 0) is 11.3 Å². The van der Waals surface area contributed by atoms with Crippen LogP contribution in [0.25, 0.3) is 0 Å². The van der Waals surface area contributed by atoms with Crippen LogP contribution in [0.1, 0.15) is 31.7 Å². The maximum absolute atomic E-state index is 12.1. The number of amides is 1. The van der Waals surface area contributed by atoms with Crippen LogP contribution in [0.15, 0.2) is 42.6 Å². The van der Waals surface area contributed by atoms with Gasteiger partial charge in [-0.15, -0.1) is 0 Å². The third-order valence-corrected chi connectivity index (χ3v) is 3.47. The Morgan fingerprint density at radius 3 is 2.89 bits per heavy atom. The van der Waals surface area contributed by atoms with Crippen LogP contribution in [0.4, 0.5) is 4.79 Å². The van der Waals surface area contributed by atoms with Crippen molar-refractivity contribution in [2.24, 2.45) is 5.92 Å². The van der Waals surface area contributed by atoms with Gasteiger partial charge in [0, 0.05) is 12.2 Å². The summed E-state index contributed by atoms with van der Waals surface area (Å²) in [5, 5.41) is 0. The SMILES string of the molecule is C=C1CC(C)CCCN1C(=O)OCc1ccccc1. The first-order valence-electron chi connectivity index (χ1n) is 6.83. The minimum absolute atomic E-state index is 0.275. The smallest absolute Gasteiger partial charge is 0.414 e. The van der Waals surface area contributed by atoms with Crippen LogP contribution < -0.4 is 0 Å². The Morgan fingerprint density at radius 1 is 1.42 bits per heavy atom. The van der Waals surface area contributed by atoms with Gasteiger partial charge in [0.2, 0.25) is 0 Å². The van der Waals surface area contributed by atoms with Gasteiger partial charge in [0.15, 0.2) is 0 Å². The number of allylic oxidation sites excluding steroid dienone is 1. The standard InChI is InChI=1S/C16H21NO2/c1-13-7-6-10-17(14(2)11-13)16(18)19-12-15-8-4-3-5-9-15/h3-5,8-9,13H,2,6-7,10-12H2,1H3. The predicted molar refractivity (Wildman–Crippen MR) is 75.5 cm³/mol. The Kier molecular flexibility index (Phi) is 4.61. The Balaban J connectivity index is 1.90. The van der Waals surface area contributed by atoms with Crippen molar-refractivity contribution >= 4 is 6.09 Å². The highest BCUT2D eigenvalue weighted by Gasteiger charge is 2.22. The molecule has 1 aliphatic heterocycles. The molecule has 1 amide bonds. The summed E-state index contributed by atoms with van der Waals surface area (Å²) in [4.78, 5) is 13.8. The first kappa shape index (κ1) is 13.7. The van der Waals surface area contributed by atoms with E-state index in [4.69, 9.17) is 4.74 Å². The fourth-order valence-corrected chi connectivity index (χ4v) is 2.39. The highest BCUT2D eigenvalue weighted by atomic mass is 16.6. The zero-order chi connectivity index (χ0) is 13.7. The molecule has 1 atom stereocenters. The number of rotatable bonds is 2. The maximum atomic E-state index is 12.1. The number of carbonyl (C=O) groups is 1. The molecular weight excluding hydrogens is 238 g/mol. The highest BCUT2D eigenvalue weighted by molar-refractivity contribution is 5.69. The summed E-state index contributed by atoms with van der Waals surface area (Å²) in [7, 11) is 0. The van der Waals surface area contributed by atoms with Gasteiger partial charge in [0.1, 0.15) is 6.61 Å². The van der Waals surface area contributed by atoms with Gasteiger partial charge in [-0.2, -0.15) is 0 Å². The lowest BCUT2D eigenvalue weighted by atomic mass is 10.0. The molecule has 1 unspecified atom stereocenters. The molecule has 102 valence electrons.